The van der Waals surface area contributed by atoms with Crippen LogP contribution in [0, 0.1) is 33.3 Å². The number of nitro benzene ring substituents is 1. The van der Waals surface area contributed by atoms with Gasteiger partial charge in [0.25, 0.3) is 5.69 Å². The molecule has 0 unspecified atom stereocenters. The molecule has 0 radical (unpaired) electrons. The van der Waals surface area contributed by atoms with E-state index in [0.29, 0.717) is 11.8 Å². The zero-order chi connectivity index (χ0) is 16.0. The van der Waals surface area contributed by atoms with Crippen LogP contribution in [0.2, 0.25) is 0 Å². The summed E-state index contributed by atoms with van der Waals surface area (Å²) in [6.07, 6.45) is 6.97. The van der Waals surface area contributed by atoms with Gasteiger partial charge in [-0.1, -0.05) is 6.42 Å². The molecular formula is C18H21NO4. The van der Waals surface area contributed by atoms with Crippen molar-refractivity contribution in [3.8, 4) is 0 Å². The molecule has 0 spiro atoms. The summed E-state index contributed by atoms with van der Waals surface area (Å²) < 4.78 is 5.66. The highest BCUT2D eigenvalue weighted by Gasteiger charge is 2.64. The second kappa shape index (κ2) is 5.32. The van der Waals surface area contributed by atoms with Crippen LogP contribution in [0.4, 0.5) is 5.69 Å². The van der Waals surface area contributed by atoms with Crippen LogP contribution in [0.3, 0.4) is 0 Å². The summed E-state index contributed by atoms with van der Waals surface area (Å²) in [5.41, 5.74) is 0.643. The van der Waals surface area contributed by atoms with Gasteiger partial charge in [-0.3, -0.25) is 14.9 Å². The molecule has 0 N–H and O–H groups in total. The van der Waals surface area contributed by atoms with E-state index >= 15 is 0 Å². The van der Waals surface area contributed by atoms with Crippen molar-refractivity contribution in [1.82, 2.24) is 0 Å². The molecule has 23 heavy (non-hydrogen) atoms. The molecule has 0 aromatic heterocycles. The molecule has 122 valence electrons. The molecule has 0 aliphatic heterocycles. The average Bonchev–Trinajstić information content (AvgIpc) is 3.25. The number of hydrogen-bond donors (Lipinski definition) is 0. The van der Waals surface area contributed by atoms with Gasteiger partial charge in [0.2, 0.25) is 0 Å². The summed E-state index contributed by atoms with van der Waals surface area (Å²) in [6, 6.07) is 6.24. The van der Waals surface area contributed by atoms with Crippen molar-refractivity contribution in [3.05, 3.63) is 39.9 Å². The van der Waals surface area contributed by atoms with Crippen molar-refractivity contribution in [2.45, 2.75) is 45.1 Å². The Balaban J connectivity index is 1.45. The molecule has 5 nitrogen and oxygen atoms in total. The van der Waals surface area contributed by atoms with E-state index in [2.05, 4.69) is 0 Å². The number of fused-ring (bicyclic) bond motifs is 5. The second-order valence-electron chi connectivity index (χ2n) is 7.31. The van der Waals surface area contributed by atoms with Crippen LogP contribution in [-0.4, -0.2) is 10.9 Å². The van der Waals surface area contributed by atoms with Crippen molar-refractivity contribution in [1.29, 1.82) is 0 Å². The first-order valence-corrected chi connectivity index (χ1v) is 8.52. The molecule has 3 fully saturated rings. The topological polar surface area (TPSA) is 69.4 Å². The first-order chi connectivity index (χ1) is 11.1. The van der Waals surface area contributed by atoms with Crippen LogP contribution < -0.4 is 0 Å². The number of nitrogens with zero attached hydrogens (tertiary/aromatic N) is 1. The van der Waals surface area contributed by atoms with E-state index in [-0.39, 0.29) is 23.7 Å². The number of ether oxygens (including phenoxy) is 1. The molecule has 3 aliphatic carbocycles. The second-order valence-corrected chi connectivity index (χ2v) is 7.31. The molecule has 5 heteroatoms. The maximum atomic E-state index is 12.9. The van der Waals surface area contributed by atoms with E-state index < -0.39 is 4.92 Å². The SMILES string of the molecule is O=C(OCc1ccc([N+](=O)[O-])cc1)[C@@]12CCC[C@@H]1[C@@H]1CC[C@H]2C1. The predicted molar refractivity (Wildman–Crippen MR) is 83.5 cm³/mol. The van der Waals surface area contributed by atoms with Crippen LogP contribution in [0.25, 0.3) is 0 Å². The van der Waals surface area contributed by atoms with Gasteiger partial charge in [0.05, 0.1) is 10.3 Å². The smallest absolute Gasteiger partial charge is 0.312 e. The maximum Gasteiger partial charge on any atom is 0.312 e. The summed E-state index contributed by atoms with van der Waals surface area (Å²) in [5.74, 6) is 1.76. The Morgan fingerprint density at radius 2 is 2.04 bits per heavy atom. The Bertz CT molecular complexity index is 641. The number of esters is 1. The monoisotopic (exact) mass is 315 g/mol. The van der Waals surface area contributed by atoms with Crippen LogP contribution in [0.1, 0.15) is 44.1 Å². The van der Waals surface area contributed by atoms with Crippen LogP contribution in [0.5, 0.6) is 0 Å². The summed E-state index contributed by atoms with van der Waals surface area (Å²) in [4.78, 5) is 23.1. The van der Waals surface area contributed by atoms with E-state index in [9.17, 15) is 14.9 Å². The third-order valence-corrected chi connectivity index (χ3v) is 6.44. The molecule has 0 heterocycles. The lowest BCUT2D eigenvalue weighted by molar-refractivity contribution is -0.384. The zero-order valence-electron chi connectivity index (χ0n) is 13.1. The average molecular weight is 315 g/mol. The van der Waals surface area contributed by atoms with Gasteiger partial charge in [-0.25, -0.2) is 0 Å². The normalized spacial score (nSPS) is 34.3. The predicted octanol–water partition coefficient (Wildman–Crippen LogP) is 3.85. The Labute approximate surface area is 135 Å². The van der Waals surface area contributed by atoms with E-state index in [1.165, 1.54) is 37.8 Å². The van der Waals surface area contributed by atoms with Crippen LogP contribution in [0.15, 0.2) is 24.3 Å². The number of carbonyl (C=O) groups is 1. The summed E-state index contributed by atoms with van der Waals surface area (Å²) in [6.45, 7) is 0.211. The molecule has 2 bridgehead atoms. The van der Waals surface area contributed by atoms with Crippen LogP contribution in [-0.2, 0) is 16.1 Å². The van der Waals surface area contributed by atoms with Gasteiger partial charge >= 0.3 is 5.97 Å². The van der Waals surface area contributed by atoms with Crippen LogP contribution >= 0.6 is 0 Å². The Morgan fingerprint density at radius 1 is 1.26 bits per heavy atom. The molecule has 0 saturated heterocycles. The molecule has 1 aromatic carbocycles. The summed E-state index contributed by atoms with van der Waals surface area (Å²) in [5, 5.41) is 10.7. The van der Waals surface area contributed by atoms with Crippen molar-refractivity contribution in [3.63, 3.8) is 0 Å². The number of benzene rings is 1. The fourth-order valence-electron chi connectivity index (χ4n) is 5.49. The highest BCUT2D eigenvalue weighted by Crippen LogP contribution is 2.66. The van der Waals surface area contributed by atoms with E-state index in [1.54, 1.807) is 12.1 Å². The van der Waals surface area contributed by atoms with Gasteiger partial charge in [-0.2, -0.15) is 0 Å². The van der Waals surface area contributed by atoms with Crippen molar-refractivity contribution >= 4 is 11.7 Å². The number of hydrogen-bond acceptors (Lipinski definition) is 4. The standard InChI is InChI=1S/C18H21NO4/c20-17(23-11-12-3-7-15(8-4-12)19(21)22)18-9-1-2-16(18)13-5-6-14(18)10-13/h3-4,7-8,13-14,16H,1-2,5-6,9-11H2/t13-,14+,16-,18-/m1/s1. The Kier molecular flexibility index (Phi) is 3.39. The van der Waals surface area contributed by atoms with Gasteiger partial charge < -0.3 is 4.74 Å². The zero-order valence-corrected chi connectivity index (χ0v) is 13.1. The molecule has 3 saturated carbocycles. The van der Waals surface area contributed by atoms with Gasteiger partial charge in [-0.05, 0) is 67.6 Å². The molecular weight excluding hydrogens is 294 g/mol. The maximum absolute atomic E-state index is 12.9. The third-order valence-electron chi connectivity index (χ3n) is 6.44. The number of carbonyl (C=O) groups excluding carboxylic acids is 1. The summed E-state index contributed by atoms with van der Waals surface area (Å²) in [7, 11) is 0. The lowest BCUT2D eigenvalue weighted by Crippen LogP contribution is -2.41. The van der Waals surface area contributed by atoms with E-state index in [4.69, 9.17) is 4.74 Å². The van der Waals surface area contributed by atoms with E-state index in [0.717, 1.165) is 24.3 Å². The number of nitro groups is 1. The van der Waals surface area contributed by atoms with Gasteiger partial charge in [0.1, 0.15) is 6.61 Å². The number of rotatable bonds is 4. The fourth-order valence-corrected chi connectivity index (χ4v) is 5.49. The molecule has 4 atom stereocenters. The molecule has 4 rings (SSSR count). The van der Waals surface area contributed by atoms with E-state index in [1.807, 2.05) is 0 Å². The minimum absolute atomic E-state index is 0.0226. The van der Waals surface area contributed by atoms with Gasteiger partial charge in [0, 0.05) is 12.1 Å². The molecule has 3 aliphatic rings. The largest absolute Gasteiger partial charge is 0.460 e. The van der Waals surface area contributed by atoms with Crippen molar-refractivity contribution < 1.29 is 14.5 Å². The van der Waals surface area contributed by atoms with Crippen molar-refractivity contribution in [2.75, 3.05) is 0 Å². The minimum atomic E-state index is -0.423. The minimum Gasteiger partial charge on any atom is -0.460 e. The lowest BCUT2D eigenvalue weighted by atomic mass is 9.68. The molecule has 0 amide bonds. The fraction of sp³-hybridized carbons (Fsp3) is 0.611. The number of non-ortho nitro benzene ring substituents is 1. The lowest BCUT2D eigenvalue weighted by Gasteiger charge is -2.37. The quantitative estimate of drug-likeness (QED) is 0.480. The third kappa shape index (κ3) is 2.17. The first-order valence-electron chi connectivity index (χ1n) is 8.52. The van der Waals surface area contributed by atoms with Gasteiger partial charge in [-0.15, -0.1) is 0 Å². The highest BCUT2D eigenvalue weighted by molar-refractivity contribution is 5.79. The highest BCUT2D eigenvalue weighted by atomic mass is 16.6. The van der Waals surface area contributed by atoms with Gasteiger partial charge in [0.15, 0.2) is 0 Å². The summed E-state index contributed by atoms with van der Waals surface area (Å²) >= 11 is 0. The van der Waals surface area contributed by atoms with Crippen molar-refractivity contribution in [2.24, 2.45) is 23.2 Å². The molecule has 1 aromatic rings. The Morgan fingerprint density at radius 3 is 2.78 bits per heavy atom. The Hall–Kier alpha value is -1.91. The first kappa shape index (κ1) is 14.7.